The van der Waals surface area contributed by atoms with E-state index in [-0.39, 0.29) is 17.9 Å². The average Bonchev–Trinajstić information content (AvgIpc) is 2.60. The summed E-state index contributed by atoms with van der Waals surface area (Å²) in [4.78, 5) is 25.2. The second-order valence-corrected chi connectivity index (χ2v) is 5.82. The normalized spacial score (nSPS) is 12.0. The predicted octanol–water partition coefficient (Wildman–Crippen LogP) is 2.81. The van der Waals surface area contributed by atoms with Crippen molar-refractivity contribution in [1.82, 2.24) is 4.90 Å². The molecule has 126 valence electrons. The van der Waals surface area contributed by atoms with Crippen molar-refractivity contribution in [1.29, 1.82) is 0 Å². The van der Waals surface area contributed by atoms with E-state index in [9.17, 15) is 9.59 Å². The Labute approximate surface area is 142 Å². The van der Waals surface area contributed by atoms with Crippen LogP contribution >= 0.6 is 0 Å². The summed E-state index contributed by atoms with van der Waals surface area (Å²) in [5.74, 6) is -0.444. The van der Waals surface area contributed by atoms with Crippen LogP contribution in [0.3, 0.4) is 0 Å². The monoisotopic (exact) mass is 325 g/mol. The number of nitrogens with one attached hydrogen (secondary N) is 1. The standard InChI is InChI=1S/C19H23N3O2/c1-14(22(2)12-11-18(20)23)16-9-6-10-17(13-16)21-19(24)15-7-4-3-5-8-15/h3-10,13-14H,11-12H2,1-2H3,(H2,20,23)(H,21,24)/t14-/m1/s1. The van der Waals surface area contributed by atoms with E-state index >= 15 is 0 Å². The molecule has 3 N–H and O–H groups in total. The summed E-state index contributed by atoms with van der Waals surface area (Å²) in [6.45, 7) is 2.65. The minimum absolute atomic E-state index is 0.109. The Balaban J connectivity index is 2.05. The molecule has 2 aromatic rings. The molecular weight excluding hydrogens is 302 g/mol. The molecule has 5 nitrogen and oxygen atoms in total. The summed E-state index contributed by atoms with van der Waals surface area (Å²) in [5.41, 5.74) is 7.63. The van der Waals surface area contributed by atoms with Gasteiger partial charge in [-0.05, 0) is 43.8 Å². The van der Waals surface area contributed by atoms with Gasteiger partial charge in [0, 0.05) is 30.3 Å². The van der Waals surface area contributed by atoms with Crippen LogP contribution in [-0.2, 0) is 4.79 Å². The van der Waals surface area contributed by atoms with Crippen molar-refractivity contribution in [2.24, 2.45) is 5.73 Å². The number of nitrogens with zero attached hydrogens (tertiary/aromatic N) is 1. The third kappa shape index (κ3) is 4.93. The SMILES string of the molecule is C[C@H](c1cccc(NC(=O)c2ccccc2)c1)N(C)CCC(N)=O. The largest absolute Gasteiger partial charge is 0.370 e. The second-order valence-electron chi connectivity index (χ2n) is 5.82. The zero-order chi connectivity index (χ0) is 17.5. The summed E-state index contributed by atoms with van der Waals surface area (Å²) >= 11 is 0. The Morgan fingerprint density at radius 2 is 1.83 bits per heavy atom. The second kappa shape index (κ2) is 8.26. The maximum Gasteiger partial charge on any atom is 0.255 e. The molecule has 2 amide bonds. The van der Waals surface area contributed by atoms with Crippen LogP contribution in [0.2, 0.25) is 0 Å². The highest BCUT2D eigenvalue weighted by atomic mass is 16.2. The molecule has 0 aliphatic carbocycles. The molecule has 0 unspecified atom stereocenters. The number of carbonyl (C=O) groups excluding carboxylic acids is 2. The van der Waals surface area contributed by atoms with Crippen LogP contribution in [0.15, 0.2) is 54.6 Å². The first-order valence-corrected chi connectivity index (χ1v) is 7.92. The van der Waals surface area contributed by atoms with Gasteiger partial charge in [0.1, 0.15) is 0 Å². The highest BCUT2D eigenvalue weighted by molar-refractivity contribution is 6.04. The maximum atomic E-state index is 12.2. The van der Waals surface area contributed by atoms with Gasteiger partial charge in [-0.2, -0.15) is 0 Å². The number of nitrogens with two attached hydrogens (primary N) is 1. The number of anilines is 1. The summed E-state index contributed by atoms with van der Waals surface area (Å²) in [6.07, 6.45) is 0.325. The smallest absolute Gasteiger partial charge is 0.255 e. The van der Waals surface area contributed by atoms with E-state index in [2.05, 4.69) is 17.1 Å². The van der Waals surface area contributed by atoms with E-state index in [4.69, 9.17) is 5.73 Å². The van der Waals surface area contributed by atoms with Gasteiger partial charge < -0.3 is 11.1 Å². The lowest BCUT2D eigenvalue weighted by atomic mass is 10.1. The lowest BCUT2D eigenvalue weighted by Gasteiger charge is -2.25. The number of hydrogen-bond donors (Lipinski definition) is 2. The van der Waals surface area contributed by atoms with Crippen LogP contribution in [-0.4, -0.2) is 30.3 Å². The van der Waals surface area contributed by atoms with Crippen molar-refractivity contribution in [2.45, 2.75) is 19.4 Å². The molecule has 24 heavy (non-hydrogen) atoms. The highest BCUT2D eigenvalue weighted by Gasteiger charge is 2.13. The van der Waals surface area contributed by atoms with Crippen LogP contribution in [0.25, 0.3) is 0 Å². The Kier molecular flexibility index (Phi) is 6.09. The Morgan fingerprint density at radius 1 is 1.12 bits per heavy atom. The number of hydrogen-bond acceptors (Lipinski definition) is 3. The van der Waals surface area contributed by atoms with Gasteiger partial charge in [0.15, 0.2) is 0 Å². The number of carbonyl (C=O) groups is 2. The Hall–Kier alpha value is -2.66. The van der Waals surface area contributed by atoms with Crippen LogP contribution in [0, 0.1) is 0 Å². The number of primary amides is 1. The van der Waals surface area contributed by atoms with Gasteiger partial charge in [-0.25, -0.2) is 0 Å². The van der Waals surface area contributed by atoms with Gasteiger partial charge in [-0.3, -0.25) is 14.5 Å². The molecule has 5 heteroatoms. The fourth-order valence-electron chi connectivity index (χ4n) is 2.40. The topological polar surface area (TPSA) is 75.4 Å². The lowest BCUT2D eigenvalue weighted by molar-refractivity contribution is -0.118. The maximum absolute atomic E-state index is 12.2. The number of rotatable bonds is 7. The molecular formula is C19H23N3O2. The minimum atomic E-state index is -0.307. The van der Waals surface area contributed by atoms with E-state index < -0.39 is 0 Å². The summed E-state index contributed by atoms with van der Waals surface area (Å²) < 4.78 is 0. The first-order valence-electron chi connectivity index (χ1n) is 7.92. The summed E-state index contributed by atoms with van der Waals surface area (Å²) in [7, 11) is 1.95. The molecule has 0 saturated heterocycles. The lowest BCUT2D eigenvalue weighted by Crippen LogP contribution is -2.27. The zero-order valence-electron chi connectivity index (χ0n) is 14.0. The number of benzene rings is 2. The van der Waals surface area contributed by atoms with Gasteiger partial charge in [0.05, 0.1) is 0 Å². The molecule has 0 saturated carbocycles. The molecule has 0 aromatic heterocycles. The molecule has 0 fully saturated rings. The third-order valence-electron chi connectivity index (χ3n) is 4.03. The van der Waals surface area contributed by atoms with E-state index in [0.29, 0.717) is 18.5 Å². The first-order chi connectivity index (χ1) is 11.5. The van der Waals surface area contributed by atoms with Crippen molar-refractivity contribution < 1.29 is 9.59 Å². The van der Waals surface area contributed by atoms with Crippen molar-refractivity contribution in [2.75, 3.05) is 18.9 Å². The quantitative estimate of drug-likeness (QED) is 0.822. The fraction of sp³-hybridized carbons (Fsp3) is 0.263. The van der Waals surface area contributed by atoms with E-state index in [1.165, 1.54) is 0 Å². The number of amides is 2. The Morgan fingerprint density at radius 3 is 2.50 bits per heavy atom. The van der Waals surface area contributed by atoms with Crippen molar-refractivity contribution >= 4 is 17.5 Å². The molecule has 0 radical (unpaired) electrons. The zero-order valence-corrected chi connectivity index (χ0v) is 14.0. The van der Waals surface area contributed by atoms with Crippen LogP contribution in [0.5, 0.6) is 0 Å². The van der Waals surface area contributed by atoms with Crippen LogP contribution in [0.1, 0.15) is 35.3 Å². The molecule has 0 bridgehead atoms. The van der Waals surface area contributed by atoms with Crippen molar-refractivity contribution in [3.8, 4) is 0 Å². The summed E-state index contributed by atoms with van der Waals surface area (Å²) in [5, 5.41) is 2.91. The molecule has 0 aliphatic heterocycles. The van der Waals surface area contributed by atoms with Crippen molar-refractivity contribution in [3.63, 3.8) is 0 Å². The first kappa shape index (κ1) is 17.7. The Bertz CT molecular complexity index is 701. The van der Waals surface area contributed by atoms with Gasteiger partial charge in [-0.1, -0.05) is 30.3 Å². The summed E-state index contributed by atoms with van der Waals surface area (Å²) in [6, 6.07) is 16.9. The molecule has 1 atom stereocenters. The van der Waals surface area contributed by atoms with Crippen LogP contribution in [0.4, 0.5) is 5.69 Å². The molecule has 0 spiro atoms. The van der Waals surface area contributed by atoms with E-state index in [0.717, 1.165) is 11.3 Å². The average molecular weight is 325 g/mol. The molecule has 2 rings (SSSR count). The fourth-order valence-corrected chi connectivity index (χ4v) is 2.40. The highest BCUT2D eigenvalue weighted by Crippen LogP contribution is 2.22. The van der Waals surface area contributed by atoms with E-state index in [1.54, 1.807) is 12.1 Å². The van der Waals surface area contributed by atoms with Gasteiger partial charge >= 0.3 is 0 Å². The minimum Gasteiger partial charge on any atom is -0.370 e. The third-order valence-corrected chi connectivity index (χ3v) is 4.03. The molecule has 0 aliphatic rings. The van der Waals surface area contributed by atoms with Gasteiger partial charge in [0.2, 0.25) is 5.91 Å². The van der Waals surface area contributed by atoms with Crippen molar-refractivity contribution in [3.05, 3.63) is 65.7 Å². The molecule has 0 heterocycles. The van der Waals surface area contributed by atoms with Gasteiger partial charge in [-0.15, -0.1) is 0 Å². The predicted molar refractivity (Wildman–Crippen MR) is 95.7 cm³/mol. The van der Waals surface area contributed by atoms with E-state index in [1.807, 2.05) is 49.5 Å². The molecule has 2 aromatic carbocycles. The van der Waals surface area contributed by atoms with Gasteiger partial charge in [0.25, 0.3) is 5.91 Å². The van der Waals surface area contributed by atoms with Crippen LogP contribution < -0.4 is 11.1 Å².